The summed E-state index contributed by atoms with van der Waals surface area (Å²) in [7, 11) is 0. The molecule has 0 radical (unpaired) electrons. The van der Waals surface area contributed by atoms with Gasteiger partial charge in [0.25, 0.3) is 0 Å². The van der Waals surface area contributed by atoms with Crippen molar-refractivity contribution in [1.29, 1.82) is 0 Å². The molecular formula is C30H17N3. The van der Waals surface area contributed by atoms with Crippen molar-refractivity contribution in [3.63, 3.8) is 0 Å². The van der Waals surface area contributed by atoms with E-state index in [0.717, 1.165) is 0 Å². The van der Waals surface area contributed by atoms with Gasteiger partial charge in [0.2, 0.25) is 0 Å². The predicted octanol–water partition coefficient (Wildman–Crippen LogP) is 7.88. The number of nitrogens with one attached hydrogen (secondary N) is 1. The first kappa shape index (κ1) is 16.2. The smallest absolute Gasteiger partial charge is 0.0784 e. The third-order valence-corrected chi connectivity index (χ3v) is 7.56. The number of para-hydroxylation sites is 4. The molecule has 0 saturated carbocycles. The topological polar surface area (TPSA) is 24.6 Å². The fourth-order valence-electron chi connectivity index (χ4n) is 6.32. The van der Waals surface area contributed by atoms with Gasteiger partial charge in [-0.1, -0.05) is 66.7 Å². The largest absolute Gasteiger partial charge is 0.354 e. The average Bonchev–Trinajstić information content (AvgIpc) is 3.52. The lowest BCUT2D eigenvalue weighted by Gasteiger charge is -2.11. The maximum absolute atomic E-state index is 3.74. The average molecular weight is 419 g/mol. The molecule has 9 aromatic rings. The van der Waals surface area contributed by atoms with Crippen LogP contribution >= 0.6 is 0 Å². The van der Waals surface area contributed by atoms with Crippen LogP contribution in [-0.2, 0) is 0 Å². The molecule has 5 aromatic carbocycles. The summed E-state index contributed by atoms with van der Waals surface area (Å²) in [6.07, 6.45) is 0. The van der Waals surface area contributed by atoms with E-state index in [1.807, 2.05) is 0 Å². The molecule has 0 aliphatic heterocycles. The van der Waals surface area contributed by atoms with Crippen LogP contribution in [0.4, 0.5) is 0 Å². The van der Waals surface area contributed by atoms with Gasteiger partial charge in [0.15, 0.2) is 0 Å². The molecule has 4 aromatic heterocycles. The molecule has 9 rings (SSSR count). The maximum Gasteiger partial charge on any atom is 0.0784 e. The Kier molecular flexibility index (Phi) is 2.59. The zero-order valence-electron chi connectivity index (χ0n) is 17.6. The highest BCUT2D eigenvalue weighted by molar-refractivity contribution is 6.28. The van der Waals surface area contributed by atoms with E-state index in [-0.39, 0.29) is 0 Å². The van der Waals surface area contributed by atoms with Crippen molar-refractivity contribution in [3.8, 4) is 0 Å². The Labute approximate surface area is 187 Å². The minimum atomic E-state index is 1.19. The third kappa shape index (κ3) is 1.70. The van der Waals surface area contributed by atoms with E-state index in [2.05, 4.69) is 111 Å². The van der Waals surface area contributed by atoms with Crippen LogP contribution in [0.3, 0.4) is 0 Å². The Bertz CT molecular complexity index is 2240. The van der Waals surface area contributed by atoms with Crippen LogP contribution in [0, 0.1) is 0 Å². The molecular weight excluding hydrogens is 402 g/mol. The van der Waals surface area contributed by atoms with Crippen LogP contribution in [-0.4, -0.2) is 13.8 Å². The summed E-state index contributed by atoms with van der Waals surface area (Å²) >= 11 is 0. The number of aromatic nitrogens is 3. The molecule has 33 heavy (non-hydrogen) atoms. The van der Waals surface area contributed by atoms with E-state index in [0.29, 0.717) is 0 Å². The number of nitrogens with zero attached hydrogens (tertiary/aromatic N) is 2. The minimum Gasteiger partial charge on any atom is -0.354 e. The Morgan fingerprint density at radius 2 is 1.06 bits per heavy atom. The second kappa shape index (κ2) is 5.28. The molecule has 0 fully saturated rings. The van der Waals surface area contributed by atoms with Crippen LogP contribution < -0.4 is 0 Å². The molecule has 0 aliphatic carbocycles. The van der Waals surface area contributed by atoms with Crippen LogP contribution in [0.15, 0.2) is 97.1 Å². The third-order valence-electron chi connectivity index (χ3n) is 7.56. The lowest BCUT2D eigenvalue weighted by atomic mass is 10.1. The fraction of sp³-hybridized carbons (Fsp3) is 0. The Balaban J connectivity index is 1.68. The summed E-state index contributed by atoms with van der Waals surface area (Å²) in [5.41, 5.74) is 9.98. The molecule has 0 aliphatic rings. The lowest BCUT2D eigenvalue weighted by Crippen LogP contribution is -1.96. The molecule has 152 valence electrons. The highest BCUT2D eigenvalue weighted by Gasteiger charge is 2.21. The molecule has 0 unspecified atom stereocenters. The second-order valence-corrected chi connectivity index (χ2v) is 9.09. The van der Waals surface area contributed by atoms with Gasteiger partial charge in [0.1, 0.15) is 0 Å². The summed E-state index contributed by atoms with van der Waals surface area (Å²) in [5.74, 6) is 0. The van der Waals surface area contributed by atoms with Crippen LogP contribution in [0.5, 0.6) is 0 Å². The van der Waals surface area contributed by atoms with Gasteiger partial charge in [-0.2, -0.15) is 0 Å². The van der Waals surface area contributed by atoms with Crippen molar-refractivity contribution in [2.75, 3.05) is 0 Å². The van der Waals surface area contributed by atoms with Crippen molar-refractivity contribution >= 4 is 76.5 Å². The molecule has 0 bridgehead atoms. The number of H-pyrrole nitrogens is 1. The van der Waals surface area contributed by atoms with Crippen molar-refractivity contribution in [3.05, 3.63) is 97.1 Å². The van der Waals surface area contributed by atoms with E-state index in [4.69, 9.17) is 0 Å². The SMILES string of the molecule is c1ccc2c(c1)[nH]c1c2ccc2c1c1cccc3c1n2c1cccc2c4ccccc4n3c21. The van der Waals surface area contributed by atoms with Gasteiger partial charge < -0.3 is 13.8 Å². The first-order valence-corrected chi connectivity index (χ1v) is 11.4. The molecule has 0 amide bonds. The molecule has 3 heteroatoms. The molecule has 0 spiro atoms. The van der Waals surface area contributed by atoms with E-state index in [9.17, 15) is 0 Å². The van der Waals surface area contributed by atoms with E-state index in [1.165, 1.54) is 76.5 Å². The molecule has 0 atom stereocenters. The highest BCUT2D eigenvalue weighted by atomic mass is 15.0. The van der Waals surface area contributed by atoms with Gasteiger partial charge in [0, 0.05) is 37.8 Å². The van der Waals surface area contributed by atoms with Gasteiger partial charge in [-0.3, -0.25) is 0 Å². The van der Waals surface area contributed by atoms with Gasteiger partial charge in [-0.05, 0) is 30.3 Å². The number of benzene rings is 5. The summed E-state index contributed by atoms with van der Waals surface area (Å²) in [6, 6.07) is 35.4. The predicted molar refractivity (Wildman–Crippen MR) is 139 cm³/mol. The quantitative estimate of drug-likeness (QED) is 0.242. The first-order valence-electron chi connectivity index (χ1n) is 11.4. The van der Waals surface area contributed by atoms with Gasteiger partial charge in [-0.15, -0.1) is 0 Å². The van der Waals surface area contributed by atoms with Gasteiger partial charge in [-0.25, -0.2) is 0 Å². The first-order chi connectivity index (χ1) is 16.4. The van der Waals surface area contributed by atoms with Crippen molar-refractivity contribution in [1.82, 2.24) is 13.8 Å². The molecule has 1 N–H and O–H groups in total. The van der Waals surface area contributed by atoms with Crippen LogP contribution in [0.2, 0.25) is 0 Å². The molecule has 0 saturated heterocycles. The molecule has 4 heterocycles. The minimum absolute atomic E-state index is 1.19. The summed E-state index contributed by atoms with van der Waals surface area (Å²) in [6.45, 7) is 0. The standard InChI is InChI=1S/C30H17N3/c1-3-11-22-17(7-1)19-15-16-24-27(28(19)31-22)21-10-6-14-26-30(21)33(24)25-13-5-9-20-18-8-2-4-12-23(18)32(26)29(20)25/h1-16,31H. The van der Waals surface area contributed by atoms with Crippen molar-refractivity contribution in [2.24, 2.45) is 0 Å². The van der Waals surface area contributed by atoms with Gasteiger partial charge >= 0.3 is 0 Å². The number of aromatic amines is 1. The second-order valence-electron chi connectivity index (χ2n) is 9.09. The number of rotatable bonds is 0. The van der Waals surface area contributed by atoms with E-state index >= 15 is 0 Å². The maximum atomic E-state index is 3.74. The number of hydrogen-bond donors (Lipinski definition) is 1. The van der Waals surface area contributed by atoms with Crippen LogP contribution in [0.25, 0.3) is 76.5 Å². The Hall–Kier alpha value is -4.50. The number of fused-ring (bicyclic) bond motifs is 12. The Morgan fingerprint density at radius 1 is 0.424 bits per heavy atom. The summed E-state index contributed by atoms with van der Waals surface area (Å²) in [4.78, 5) is 3.74. The van der Waals surface area contributed by atoms with Crippen molar-refractivity contribution < 1.29 is 0 Å². The lowest BCUT2D eigenvalue weighted by molar-refractivity contribution is 1.26. The Morgan fingerprint density at radius 3 is 1.94 bits per heavy atom. The summed E-state index contributed by atoms with van der Waals surface area (Å²) in [5, 5.41) is 7.76. The fourth-order valence-corrected chi connectivity index (χ4v) is 6.32. The van der Waals surface area contributed by atoms with Crippen molar-refractivity contribution in [2.45, 2.75) is 0 Å². The van der Waals surface area contributed by atoms with Gasteiger partial charge in [0.05, 0.1) is 38.6 Å². The zero-order chi connectivity index (χ0) is 21.3. The van der Waals surface area contributed by atoms with E-state index < -0.39 is 0 Å². The monoisotopic (exact) mass is 419 g/mol. The number of hydrogen-bond acceptors (Lipinski definition) is 0. The highest BCUT2D eigenvalue weighted by Crippen LogP contribution is 2.42. The van der Waals surface area contributed by atoms with E-state index in [1.54, 1.807) is 0 Å². The zero-order valence-corrected chi connectivity index (χ0v) is 17.6. The summed E-state index contributed by atoms with van der Waals surface area (Å²) < 4.78 is 4.94. The molecule has 3 nitrogen and oxygen atoms in total. The van der Waals surface area contributed by atoms with Crippen LogP contribution in [0.1, 0.15) is 0 Å². The normalized spacial score (nSPS) is 12.8.